The van der Waals surface area contributed by atoms with E-state index in [9.17, 15) is 14.9 Å². The van der Waals surface area contributed by atoms with Crippen molar-refractivity contribution in [2.24, 2.45) is 0 Å². The lowest BCUT2D eigenvalue weighted by atomic mass is 10.3. The summed E-state index contributed by atoms with van der Waals surface area (Å²) < 4.78 is 5.43. The van der Waals surface area contributed by atoms with Gasteiger partial charge in [0.15, 0.2) is 0 Å². The zero-order valence-electron chi connectivity index (χ0n) is 11.7. The number of nitro groups is 1. The molecule has 0 aliphatic heterocycles. The van der Waals surface area contributed by atoms with Gasteiger partial charge in [-0.1, -0.05) is 23.4 Å². The number of carbonyl (C=O) groups excluding carboxylic acids is 1. The molecule has 8 nitrogen and oxygen atoms in total. The number of halogens is 1. The highest BCUT2D eigenvalue weighted by molar-refractivity contribution is 7.99. The highest BCUT2D eigenvalue weighted by Crippen LogP contribution is 2.39. The minimum absolute atomic E-state index is 0.0147. The average Bonchev–Trinajstić information content (AvgIpc) is 3.26. The number of amides is 1. The van der Waals surface area contributed by atoms with E-state index >= 15 is 0 Å². The van der Waals surface area contributed by atoms with E-state index in [-0.39, 0.29) is 22.4 Å². The molecule has 0 bridgehead atoms. The second kappa shape index (κ2) is 6.55. The van der Waals surface area contributed by atoms with Crippen LogP contribution < -0.4 is 5.32 Å². The van der Waals surface area contributed by atoms with Gasteiger partial charge in [0.05, 0.1) is 10.7 Å². The van der Waals surface area contributed by atoms with Gasteiger partial charge in [0, 0.05) is 17.7 Å². The fourth-order valence-electron chi connectivity index (χ4n) is 1.83. The first-order valence-corrected chi connectivity index (χ1v) is 8.09. The summed E-state index contributed by atoms with van der Waals surface area (Å²) in [5, 5.41) is 21.5. The van der Waals surface area contributed by atoms with Crippen molar-refractivity contribution < 1.29 is 14.1 Å². The molecule has 0 radical (unpaired) electrons. The van der Waals surface area contributed by atoms with Crippen molar-refractivity contribution >= 4 is 40.6 Å². The summed E-state index contributed by atoms with van der Waals surface area (Å²) in [5.74, 6) is 0.697. The molecule has 0 saturated heterocycles. The van der Waals surface area contributed by atoms with E-state index in [2.05, 4.69) is 15.5 Å². The lowest BCUT2D eigenvalue weighted by molar-refractivity contribution is -0.384. The van der Waals surface area contributed by atoms with Crippen LogP contribution in [0.3, 0.4) is 0 Å². The number of benzene rings is 1. The summed E-state index contributed by atoms with van der Waals surface area (Å²) in [4.78, 5) is 22.1. The predicted octanol–water partition coefficient (Wildman–Crippen LogP) is 3.24. The maximum absolute atomic E-state index is 11.9. The SMILES string of the molecule is O=C(CSc1nnc(C2CC2)o1)Nc1ccc(Cl)c([N+](=O)[O-])c1. The van der Waals surface area contributed by atoms with Crippen LogP contribution in [0.2, 0.25) is 5.02 Å². The third-order valence-electron chi connectivity index (χ3n) is 3.10. The molecule has 120 valence electrons. The Kier molecular flexibility index (Phi) is 4.49. The quantitative estimate of drug-likeness (QED) is 0.481. The molecule has 1 heterocycles. The highest BCUT2D eigenvalue weighted by atomic mass is 35.5. The molecular weight excluding hydrogens is 344 g/mol. The second-order valence-electron chi connectivity index (χ2n) is 4.94. The maximum atomic E-state index is 11.9. The molecule has 2 aromatic rings. The van der Waals surface area contributed by atoms with Gasteiger partial charge in [0.1, 0.15) is 5.02 Å². The van der Waals surface area contributed by atoms with E-state index in [1.165, 1.54) is 18.2 Å². The first-order chi connectivity index (χ1) is 11.0. The molecule has 10 heteroatoms. The van der Waals surface area contributed by atoms with Gasteiger partial charge in [0.25, 0.3) is 10.9 Å². The number of rotatable bonds is 6. The molecule has 1 aromatic heterocycles. The van der Waals surface area contributed by atoms with E-state index in [4.69, 9.17) is 16.0 Å². The van der Waals surface area contributed by atoms with E-state index in [1.54, 1.807) is 0 Å². The van der Waals surface area contributed by atoms with Crippen molar-refractivity contribution in [3.63, 3.8) is 0 Å². The fourth-order valence-corrected chi connectivity index (χ4v) is 2.58. The van der Waals surface area contributed by atoms with Gasteiger partial charge in [-0.05, 0) is 25.0 Å². The van der Waals surface area contributed by atoms with Gasteiger partial charge in [0.2, 0.25) is 11.8 Å². The van der Waals surface area contributed by atoms with E-state index in [0.717, 1.165) is 24.6 Å². The van der Waals surface area contributed by atoms with Gasteiger partial charge in [-0.25, -0.2) is 0 Å². The summed E-state index contributed by atoms with van der Waals surface area (Å²) in [6, 6.07) is 4.07. The van der Waals surface area contributed by atoms with Crippen molar-refractivity contribution in [3.8, 4) is 0 Å². The summed E-state index contributed by atoms with van der Waals surface area (Å²) in [6.07, 6.45) is 2.12. The Labute approximate surface area is 139 Å². The second-order valence-corrected chi connectivity index (χ2v) is 6.27. The largest absolute Gasteiger partial charge is 0.416 e. The number of aromatic nitrogens is 2. The van der Waals surface area contributed by atoms with Crippen LogP contribution in [0, 0.1) is 10.1 Å². The smallest absolute Gasteiger partial charge is 0.289 e. The van der Waals surface area contributed by atoms with E-state index in [1.807, 2.05) is 0 Å². The van der Waals surface area contributed by atoms with Crippen molar-refractivity contribution in [2.75, 3.05) is 11.1 Å². The molecule has 3 rings (SSSR count). The predicted molar refractivity (Wildman–Crippen MR) is 83.7 cm³/mol. The van der Waals surface area contributed by atoms with Crippen LogP contribution in [-0.4, -0.2) is 26.8 Å². The minimum Gasteiger partial charge on any atom is -0.416 e. The number of nitrogens with zero attached hydrogens (tertiary/aromatic N) is 3. The average molecular weight is 355 g/mol. The van der Waals surface area contributed by atoms with Crippen molar-refractivity contribution in [3.05, 3.63) is 39.2 Å². The van der Waals surface area contributed by atoms with Gasteiger partial charge in [-0.15, -0.1) is 10.2 Å². The standard InChI is InChI=1S/C13H11ClN4O4S/c14-9-4-3-8(5-10(9)18(20)21)15-11(19)6-23-13-17-16-12(22-13)7-1-2-7/h3-5,7H,1-2,6H2,(H,15,19). The maximum Gasteiger partial charge on any atom is 0.289 e. The Morgan fingerprint density at radius 1 is 1.48 bits per heavy atom. The Morgan fingerprint density at radius 3 is 2.96 bits per heavy atom. The van der Waals surface area contributed by atoms with Crippen LogP contribution in [0.5, 0.6) is 0 Å². The number of hydrogen-bond donors (Lipinski definition) is 1. The zero-order chi connectivity index (χ0) is 16.4. The van der Waals surface area contributed by atoms with Crippen LogP contribution in [0.1, 0.15) is 24.7 Å². The van der Waals surface area contributed by atoms with Crippen LogP contribution in [0.4, 0.5) is 11.4 Å². The summed E-state index contributed by atoms with van der Waals surface area (Å²) in [6.45, 7) is 0. The number of anilines is 1. The number of thioether (sulfide) groups is 1. The molecule has 1 aromatic carbocycles. The monoisotopic (exact) mass is 354 g/mol. The molecule has 23 heavy (non-hydrogen) atoms. The van der Waals surface area contributed by atoms with Crippen molar-refractivity contribution in [1.82, 2.24) is 10.2 Å². The first-order valence-electron chi connectivity index (χ1n) is 6.73. The molecule has 1 aliphatic rings. The molecule has 1 amide bonds. The third-order valence-corrected chi connectivity index (χ3v) is 4.24. The molecular formula is C13H11ClN4O4S. The molecule has 0 unspecified atom stereocenters. The summed E-state index contributed by atoms with van der Waals surface area (Å²) in [5.41, 5.74) is 0.0407. The van der Waals surface area contributed by atoms with E-state index < -0.39 is 4.92 Å². The van der Waals surface area contributed by atoms with Crippen molar-refractivity contribution in [2.45, 2.75) is 24.0 Å². The first kappa shape index (κ1) is 15.8. The Hall–Kier alpha value is -2.13. The van der Waals surface area contributed by atoms with Crippen LogP contribution in [0.15, 0.2) is 27.8 Å². The molecule has 0 atom stereocenters. The molecule has 1 saturated carbocycles. The fraction of sp³-hybridized carbons (Fsp3) is 0.308. The van der Waals surface area contributed by atoms with Crippen LogP contribution >= 0.6 is 23.4 Å². The Bertz CT molecular complexity index is 762. The molecule has 1 aliphatic carbocycles. The molecule has 1 fully saturated rings. The summed E-state index contributed by atoms with van der Waals surface area (Å²) in [7, 11) is 0. The minimum atomic E-state index is -0.607. The third kappa shape index (κ3) is 3.99. The van der Waals surface area contributed by atoms with Crippen LogP contribution in [0.25, 0.3) is 0 Å². The Morgan fingerprint density at radius 2 is 2.26 bits per heavy atom. The number of hydrogen-bond acceptors (Lipinski definition) is 7. The van der Waals surface area contributed by atoms with E-state index in [0.29, 0.717) is 22.7 Å². The van der Waals surface area contributed by atoms with Gasteiger partial charge >= 0.3 is 0 Å². The van der Waals surface area contributed by atoms with Gasteiger partial charge in [-0.2, -0.15) is 0 Å². The lowest BCUT2D eigenvalue weighted by Gasteiger charge is -2.04. The van der Waals surface area contributed by atoms with Crippen LogP contribution in [-0.2, 0) is 4.79 Å². The molecule has 1 N–H and O–H groups in total. The topological polar surface area (TPSA) is 111 Å². The number of nitro benzene ring substituents is 1. The number of carbonyl (C=O) groups is 1. The van der Waals surface area contributed by atoms with Crippen molar-refractivity contribution in [1.29, 1.82) is 0 Å². The lowest BCUT2D eigenvalue weighted by Crippen LogP contribution is -2.14. The number of nitrogens with one attached hydrogen (secondary N) is 1. The summed E-state index contributed by atoms with van der Waals surface area (Å²) >= 11 is 6.83. The highest BCUT2D eigenvalue weighted by Gasteiger charge is 2.29. The van der Waals surface area contributed by atoms with Gasteiger partial charge in [-0.3, -0.25) is 14.9 Å². The zero-order valence-corrected chi connectivity index (χ0v) is 13.3. The molecule has 0 spiro atoms. The van der Waals surface area contributed by atoms with Gasteiger partial charge < -0.3 is 9.73 Å². The normalized spacial score (nSPS) is 13.8. The Balaban J connectivity index is 1.56.